The Balaban J connectivity index is 2.16. The molecule has 2 heteroatoms. The van der Waals surface area contributed by atoms with Crippen LogP contribution in [0.4, 0.5) is 0 Å². The van der Waals surface area contributed by atoms with Gasteiger partial charge in [0.2, 0.25) is 0 Å². The maximum absolute atomic E-state index is 2.74. The van der Waals surface area contributed by atoms with Gasteiger partial charge in [-0.3, -0.25) is 0 Å². The van der Waals surface area contributed by atoms with E-state index in [1.54, 1.807) is 0 Å². The second kappa shape index (κ2) is 40.5. The van der Waals surface area contributed by atoms with Crippen molar-refractivity contribution in [3.8, 4) is 0 Å². The lowest BCUT2D eigenvalue weighted by atomic mass is 10.0. The molecule has 0 fully saturated rings. The first kappa shape index (κ1) is 48.4. The van der Waals surface area contributed by atoms with Crippen LogP contribution in [0.1, 0.15) is 284 Å². The highest BCUT2D eigenvalue weighted by Gasteiger charge is 2.24. The molecule has 2 nitrogen and oxygen atoms in total. The molecule has 0 aromatic carbocycles. The van der Waals surface area contributed by atoms with Crippen LogP contribution >= 0.6 is 0 Å². The van der Waals surface area contributed by atoms with E-state index in [9.17, 15) is 0 Å². The first-order chi connectivity index (χ1) is 25.3. The maximum Gasteiger partial charge on any atom is 0.101 e. The Hall–Kier alpha value is -0.660. The summed E-state index contributed by atoms with van der Waals surface area (Å²) < 4.78 is 0. The Morgan fingerprint density at radius 3 is 0.686 bits per heavy atom. The van der Waals surface area contributed by atoms with Gasteiger partial charge in [0.1, 0.15) is 6.17 Å². The summed E-state index contributed by atoms with van der Waals surface area (Å²) in [6.45, 7) is 9.49. The van der Waals surface area contributed by atoms with Crippen LogP contribution < -0.4 is 0 Å². The van der Waals surface area contributed by atoms with Gasteiger partial charge in [-0.25, -0.2) is 0 Å². The average molecular weight is 715 g/mol. The molecule has 0 radical (unpaired) electrons. The van der Waals surface area contributed by atoms with E-state index in [1.807, 2.05) is 0 Å². The van der Waals surface area contributed by atoms with Gasteiger partial charge < -0.3 is 9.80 Å². The highest BCUT2D eigenvalue weighted by atomic mass is 15.4. The summed E-state index contributed by atoms with van der Waals surface area (Å²) in [5.74, 6) is 0. The van der Waals surface area contributed by atoms with E-state index in [4.69, 9.17) is 0 Å². The predicted octanol–water partition coefficient (Wildman–Crippen LogP) is 17.5. The highest BCUT2D eigenvalue weighted by Crippen LogP contribution is 2.24. The highest BCUT2D eigenvalue weighted by molar-refractivity contribution is 4.97. The normalized spacial score (nSPS) is 14.5. The van der Waals surface area contributed by atoms with Crippen LogP contribution in [-0.4, -0.2) is 29.1 Å². The van der Waals surface area contributed by atoms with E-state index in [1.165, 1.54) is 276 Å². The third-order valence-electron chi connectivity index (χ3n) is 12.1. The minimum Gasteiger partial charge on any atom is -0.356 e. The lowest BCUT2D eigenvalue weighted by molar-refractivity contribution is 0.135. The molecule has 1 unspecified atom stereocenters. The summed E-state index contributed by atoms with van der Waals surface area (Å²) in [6, 6.07) is 0. The monoisotopic (exact) mass is 715 g/mol. The largest absolute Gasteiger partial charge is 0.356 e. The number of hydrogen-bond donors (Lipinski definition) is 0. The lowest BCUT2D eigenvalue weighted by Gasteiger charge is -2.33. The van der Waals surface area contributed by atoms with Gasteiger partial charge >= 0.3 is 0 Å². The zero-order chi connectivity index (χ0) is 36.6. The van der Waals surface area contributed by atoms with Crippen molar-refractivity contribution in [2.45, 2.75) is 290 Å². The molecule has 1 atom stereocenters. The minimum atomic E-state index is 0.637. The molecule has 304 valence electrons. The second-order valence-corrected chi connectivity index (χ2v) is 17.1. The molecule has 1 heterocycles. The molecule has 1 aliphatic rings. The fourth-order valence-corrected chi connectivity index (χ4v) is 8.48. The SMILES string of the molecule is CCCCCCCCCCCCCCCCCCCN1C=CN(CCCCCCCCCCC)C1CCCCCCCCCCCCCCCC. The maximum atomic E-state index is 2.74. The Kier molecular flexibility index (Phi) is 38.4. The molecule has 0 saturated carbocycles. The molecule has 0 saturated heterocycles. The van der Waals surface area contributed by atoms with Crippen LogP contribution in [0.2, 0.25) is 0 Å². The van der Waals surface area contributed by atoms with Crippen molar-refractivity contribution in [2.24, 2.45) is 0 Å². The van der Waals surface area contributed by atoms with Gasteiger partial charge in [0.25, 0.3) is 0 Å². The summed E-state index contributed by atoms with van der Waals surface area (Å²) in [5.41, 5.74) is 0. The standard InChI is InChI=1S/C49H98N2/c1-4-7-10-13-16-19-21-23-25-26-27-29-31-34-37-40-43-46-51-48-47-50(45-42-39-36-33-18-15-12-9-6-3)49(51)44-41-38-35-32-30-28-24-22-20-17-14-11-8-5-2/h47-49H,4-46H2,1-3H3. The zero-order valence-corrected chi connectivity index (χ0v) is 36.0. The molecule has 1 rings (SSSR count). The quantitative estimate of drug-likeness (QED) is 0.0580. The van der Waals surface area contributed by atoms with Crippen LogP contribution in [0.15, 0.2) is 12.4 Å². The lowest BCUT2D eigenvalue weighted by Crippen LogP contribution is -2.39. The third-order valence-corrected chi connectivity index (χ3v) is 12.1. The first-order valence-corrected chi connectivity index (χ1v) is 24.5. The van der Waals surface area contributed by atoms with Crippen molar-refractivity contribution in [3.05, 3.63) is 12.4 Å². The number of rotatable bonds is 43. The first-order valence-electron chi connectivity index (χ1n) is 24.5. The Bertz CT molecular complexity index is 673. The number of hydrogen-bond acceptors (Lipinski definition) is 2. The van der Waals surface area contributed by atoms with E-state index < -0.39 is 0 Å². The van der Waals surface area contributed by atoms with E-state index in [2.05, 4.69) is 43.0 Å². The summed E-state index contributed by atoms with van der Waals surface area (Å²) in [4.78, 5) is 5.47. The average Bonchev–Trinajstić information content (AvgIpc) is 3.53. The van der Waals surface area contributed by atoms with E-state index >= 15 is 0 Å². The molecule has 0 aliphatic carbocycles. The zero-order valence-electron chi connectivity index (χ0n) is 36.0. The molecule has 0 bridgehead atoms. The molecule has 51 heavy (non-hydrogen) atoms. The van der Waals surface area contributed by atoms with Crippen LogP contribution in [-0.2, 0) is 0 Å². The van der Waals surface area contributed by atoms with Gasteiger partial charge in [0.15, 0.2) is 0 Å². The Labute approximate surface area is 324 Å². The topological polar surface area (TPSA) is 6.48 Å². The van der Waals surface area contributed by atoms with Crippen LogP contribution in [0.25, 0.3) is 0 Å². The van der Waals surface area contributed by atoms with Crippen LogP contribution in [0.3, 0.4) is 0 Å². The van der Waals surface area contributed by atoms with E-state index in [0.29, 0.717) is 6.17 Å². The van der Waals surface area contributed by atoms with Gasteiger partial charge in [-0.2, -0.15) is 0 Å². The van der Waals surface area contributed by atoms with Gasteiger partial charge in [-0.15, -0.1) is 0 Å². The van der Waals surface area contributed by atoms with E-state index in [-0.39, 0.29) is 0 Å². The summed E-state index contributed by atoms with van der Waals surface area (Å²) in [7, 11) is 0. The van der Waals surface area contributed by atoms with Gasteiger partial charge in [-0.1, -0.05) is 258 Å². The molecule has 0 aromatic rings. The molecule has 0 spiro atoms. The van der Waals surface area contributed by atoms with Gasteiger partial charge in [-0.05, 0) is 25.7 Å². The van der Waals surface area contributed by atoms with Crippen molar-refractivity contribution in [3.63, 3.8) is 0 Å². The third kappa shape index (κ3) is 32.5. The number of unbranched alkanes of at least 4 members (excludes halogenated alkanes) is 37. The summed E-state index contributed by atoms with van der Waals surface area (Å²) in [6.07, 6.45) is 64.9. The summed E-state index contributed by atoms with van der Waals surface area (Å²) >= 11 is 0. The smallest absolute Gasteiger partial charge is 0.101 e. The second-order valence-electron chi connectivity index (χ2n) is 17.1. The Morgan fingerprint density at radius 1 is 0.255 bits per heavy atom. The van der Waals surface area contributed by atoms with Gasteiger partial charge in [0.05, 0.1) is 0 Å². The van der Waals surface area contributed by atoms with Crippen LogP contribution in [0.5, 0.6) is 0 Å². The van der Waals surface area contributed by atoms with E-state index in [0.717, 1.165) is 0 Å². The molecule has 0 N–H and O–H groups in total. The molecule has 0 aromatic heterocycles. The predicted molar refractivity (Wildman–Crippen MR) is 233 cm³/mol. The summed E-state index contributed by atoms with van der Waals surface area (Å²) in [5, 5.41) is 0. The molecule has 0 amide bonds. The molecular formula is C49H98N2. The van der Waals surface area contributed by atoms with Crippen molar-refractivity contribution in [1.29, 1.82) is 0 Å². The fraction of sp³-hybridized carbons (Fsp3) is 0.959. The van der Waals surface area contributed by atoms with Crippen molar-refractivity contribution in [1.82, 2.24) is 9.80 Å². The molecular weight excluding hydrogens is 617 g/mol. The molecule has 1 aliphatic heterocycles. The number of nitrogens with zero attached hydrogens (tertiary/aromatic N) is 2. The minimum absolute atomic E-state index is 0.637. The van der Waals surface area contributed by atoms with Gasteiger partial charge in [0, 0.05) is 25.5 Å². The Morgan fingerprint density at radius 2 is 0.451 bits per heavy atom. The van der Waals surface area contributed by atoms with Crippen LogP contribution in [0, 0.1) is 0 Å². The van der Waals surface area contributed by atoms with Crippen molar-refractivity contribution < 1.29 is 0 Å². The van der Waals surface area contributed by atoms with Crippen molar-refractivity contribution in [2.75, 3.05) is 13.1 Å². The fourth-order valence-electron chi connectivity index (χ4n) is 8.48. The van der Waals surface area contributed by atoms with Crippen molar-refractivity contribution >= 4 is 0 Å².